The fraction of sp³-hybridized carbons (Fsp3) is 0.556. The number of nitrogens with zero attached hydrogens (tertiary/aromatic N) is 2. The largest absolute Gasteiger partial charge is 0.481 e. The highest BCUT2D eigenvalue weighted by Gasteiger charge is 2.09. The molecule has 0 amide bonds. The zero-order valence-electron chi connectivity index (χ0n) is 8.40. The number of aromatic nitrogens is 2. The van der Waals surface area contributed by atoms with Gasteiger partial charge in [0, 0.05) is 26.3 Å². The van der Waals surface area contributed by atoms with Crippen molar-refractivity contribution in [2.45, 2.75) is 13.5 Å². The summed E-state index contributed by atoms with van der Waals surface area (Å²) in [6, 6.07) is 1.90. The van der Waals surface area contributed by atoms with E-state index in [1.165, 1.54) is 0 Å². The van der Waals surface area contributed by atoms with Crippen molar-refractivity contribution in [3.05, 3.63) is 18.0 Å². The number of hydrogen-bond donors (Lipinski definition) is 2. The van der Waals surface area contributed by atoms with Crippen LogP contribution < -0.4 is 5.32 Å². The molecule has 0 saturated heterocycles. The maximum atomic E-state index is 10.5. The molecule has 0 aliphatic heterocycles. The zero-order chi connectivity index (χ0) is 10.6. The lowest BCUT2D eigenvalue weighted by Gasteiger charge is -2.06. The molecule has 5 heteroatoms. The Labute approximate surface area is 82.7 Å². The van der Waals surface area contributed by atoms with Crippen LogP contribution in [0.3, 0.4) is 0 Å². The van der Waals surface area contributed by atoms with Crippen LogP contribution >= 0.6 is 0 Å². The Hall–Kier alpha value is -1.36. The predicted octanol–water partition coefficient (Wildman–Crippen LogP) is 0.230. The Morgan fingerprint density at radius 3 is 3.00 bits per heavy atom. The molecule has 1 unspecified atom stereocenters. The van der Waals surface area contributed by atoms with E-state index in [0.717, 1.165) is 5.69 Å². The highest BCUT2D eigenvalue weighted by Crippen LogP contribution is 1.95. The normalized spacial score (nSPS) is 12.7. The van der Waals surface area contributed by atoms with Crippen LogP contribution in [0.25, 0.3) is 0 Å². The van der Waals surface area contributed by atoms with Gasteiger partial charge in [-0.1, -0.05) is 6.92 Å². The van der Waals surface area contributed by atoms with Gasteiger partial charge in [0.2, 0.25) is 0 Å². The molecule has 0 aliphatic rings. The van der Waals surface area contributed by atoms with Crippen molar-refractivity contribution in [3.8, 4) is 0 Å². The summed E-state index contributed by atoms with van der Waals surface area (Å²) in [7, 11) is 1.85. The molecule has 0 aliphatic carbocycles. The summed E-state index contributed by atoms with van der Waals surface area (Å²) in [4.78, 5) is 10.5. The first kappa shape index (κ1) is 10.7. The highest BCUT2D eigenvalue weighted by molar-refractivity contribution is 5.69. The molecule has 5 nitrogen and oxygen atoms in total. The van der Waals surface area contributed by atoms with Gasteiger partial charge in [-0.25, -0.2) is 0 Å². The van der Waals surface area contributed by atoms with E-state index in [0.29, 0.717) is 13.1 Å². The molecule has 1 atom stereocenters. The van der Waals surface area contributed by atoms with Crippen LogP contribution in [0.2, 0.25) is 0 Å². The minimum absolute atomic E-state index is 0.362. The minimum Gasteiger partial charge on any atom is -0.481 e. The summed E-state index contributed by atoms with van der Waals surface area (Å²) in [6.07, 6.45) is 1.86. The second-order valence-corrected chi connectivity index (χ2v) is 3.35. The van der Waals surface area contributed by atoms with Gasteiger partial charge in [0.05, 0.1) is 11.6 Å². The third-order valence-electron chi connectivity index (χ3n) is 1.95. The Bertz CT molecular complexity index is 309. The van der Waals surface area contributed by atoms with Crippen molar-refractivity contribution in [2.24, 2.45) is 13.0 Å². The smallest absolute Gasteiger partial charge is 0.307 e. The van der Waals surface area contributed by atoms with Gasteiger partial charge in [0.25, 0.3) is 0 Å². The second kappa shape index (κ2) is 4.76. The SMILES string of the molecule is CC(CNCc1ccn(C)n1)C(=O)O. The van der Waals surface area contributed by atoms with E-state index in [9.17, 15) is 4.79 Å². The number of nitrogens with one attached hydrogen (secondary N) is 1. The lowest BCUT2D eigenvalue weighted by Crippen LogP contribution is -2.26. The van der Waals surface area contributed by atoms with Crippen molar-refractivity contribution in [3.63, 3.8) is 0 Å². The van der Waals surface area contributed by atoms with Gasteiger partial charge >= 0.3 is 5.97 Å². The Balaban J connectivity index is 2.25. The summed E-state index contributed by atoms with van der Waals surface area (Å²) >= 11 is 0. The molecular weight excluding hydrogens is 182 g/mol. The Morgan fingerprint density at radius 2 is 2.50 bits per heavy atom. The quantitative estimate of drug-likeness (QED) is 0.709. The summed E-state index contributed by atoms with van der Waals surface area (Å²) in [5.41, 5.74) is 0.921. The molecule has 0 fully saturated rings. The predicted molar refractivity (Wildman–Crippen MR) is 51.7 cm³/mol. The molecule has 14 heavy (non-hydrogen) atoms. The average Bonchev–Trinajstić information content (AvgIpc) is 2.51. The molecule has 1 aromatic rings. The van der Waals surface area contributed by atoms with Gasteiger partial charge in [-0.3, -0.25) is 9.48 Å². The van der Waals surface area contributed by atoms with E-state index >= 15 is 0 Å². The number of carbonyl (C=O) groups is 1. The topological polar surface area (TPSA) is 67.2 Å². The molecule has 0 aromatic carbocycles. The summed E-state index contributed by atoms with van der Waals surface area (Å²) in [6.45, 7) is 2.75. The van der Waals surface area contributed by atoms with Gasteiger partial charge in [0.15, 0.2) is 0 Å². The highest BCUT2D eigenvalue weighted by atomic mass is 16.4. The number of aliphatic carboxylic acids is 1. The average molecular weight is 197 g/mol. The number of carboxylic acid groups (broad SMARTS) is 1. The third-order valence-corrected chi connectivity index (χ3v) is 1.95. The summed E-state index contributed by atoms with van der Waals surface area (Å²) < 4.78 is 1.72. The summed E-state index contributed by atoms with van der Waals surface area (Å²) in [5, 5.41) is 15.8. The van der Waals surface area contributed by atoms with Crippen molar-refractivity contribution in [1.82, 2.24) is 15.1 Å². The second-order valence-electron chi connectivity index (χ2n) is 3.35. The van der Waals surface area contributed by atoms with Crippen LogP contribution in [0.1, 0.15) is 12.6 Å². The van der Waals surface area contributed by atoms with Crippen molar-refractivity contribution < 1.29 is 9.90 Å². The Morgan fingerprint density at radius 1 is 1.79 bits per heavy atom. The van der Waals surface area contributed by atoms with Crippen molar-refractivity contribution in [1.29, 1.82) is 0 Å². The monoisotopic (exact) mass is 197 g/mol. The molecule has 1 heterocycles. The standard InChI is InChI=1S/C9H15N3O2/c1-7(9(13)14)5-10-6-8-3-4-12(2)11-8/h3-4,7,10H,5-6H2,1-2H3,(H,13,14). The van der Waals surface area contributed by atoms with Crippen LogP contribution in [-0.4, -0.2) is 27.4 Å². The van der Waals surface area contributed by atoms with Crippen LogP contribution in [0, 0.1) is 5.92 Å². The number of carboxylic acids is 1. The lowest BCUT2D eigenvalue weighted by atomic mass is 10.2. The molecule has 0 saturated carbocycles. The fourth-order valence-electron chi connectivity index (χ4n) is 1.06. The molecule has 2 N–H and O–H groups in total. The van der Waals surface area contributed by atoms with Gasteiger partial charge in [-0.2, -0.15) is 5.10 Å². The molecule has 78 valence electrons. The van der Waals surface area contributed by atoms with Crippen LogP contribution in [-0.2, 0) is 18.4 Å². The fourth-order valence-corrected chi connectivity index (χ4v) is 1.06. The number of aryl methyl sites for hydroxylation is 1. The van der Waals surface area contributed by atoms with Gasteiger partial charge in [-0.05, 0) is 6.07 Å². The van der Waals surface area contributed by atoms with Crippen LogP contribution in [0.15, 0.2) is 12.3 Å². The minimum atomic E-state index is -0.779. The summed E-state index contributed by atoms with van der Waals surface area (Å²) in [5.74, 6) is -1.14. The van der Waals surface area contributed by atoms with E-state index in [4.69, 9.17) is 5.11 Å². The zero-order valence-corrected chi connectivity index (χ0v) is 8.40. The number of rotatable bonds is 5. The molecule has 0 spiro atoms. The van der Waals surface area contributed by atoms with E-state index < -0.39 is 5.97 Å². The van der Waals surface area contributed by atoms with Gasteiger partial charge in [-0.15, -0.1) is 0 Å². The first-order chi connectivity index (χ1) is 6.59. The van der Waals surface area contributed by atoms with Crippen molar-refractivity contribution >= 4 is 5.97 Å². The van der Waals surface area contributed by atoms with Crippen LogP contribution in [0.4, 0.5) is 0 Å². The maximum absolute atomic E-state index is 10.5. The molecule has 0 bridgehead atoms. The van der Waals surface area contributed by atoms with Gasteiger partial charge in [0.1, 0.15) is 0 Å². The van der Waals surface area contributed by atoms with Crippen LogP contribution in [0.5, 0.6) is 0 Å². The van der Waals surface area contributed by atoms with Gasteiger partial charge < -0.3 is 10.4 Å². The molecule has 1 rings (SSSR count). The number of hydrogen-bond acceptors (Lipinski definition) is 3. The first-order valence-electron chi connectivity index (χ1n) is 4.51. The molecular formula is C9H15N3O2. The van der Waals surface area contributed by atoms with E-state index in [-0.39, 0.29) is 5.92 Å². The van der Waals surface area contributed by atoms with E-state index in [1.807, 2.05) is 19.3 Å². The third kappa shape index (κ3) is 3.18. The Kier molecular flexibility index (Phi) is 3.64. The van der Waals surface area contributed by atoms with E-state index in [2.05, 4.69) is 10.4 Å². The molecule has 1 aromatic heterocycles. The van der Waals surface area contributed by atoms with Crippen molar-refractivity contribution in [2.75, 3.05) is 6.54 Å². The lowest BCUT2D eigenvalue weighted by molar-refractivity contribution is -0.140. The molecule has 0 radical (unpaired) electrons. The maximum Gasteiger partial charge on any atom is 0.307 e. The van der Waals surface area contributed by atoms with E-state index in [1.54, 1.807) is 11.6 Å². The first-order valence-corrected chi connectivity index (χ1v) is 4.51.